The number of anilines is 1. The maximum atomic E-state index is 4.21. The summed E-state index contributed by atoms with van der Waals surface area (Å²) in [5, 5.41) is 7.33. The van der Waals surface area contributed by atoms with E-state index < -0.39 is 0 Å². The molecule has 0 bridgehead atoms. The first-order chi connectivity index (χ1) is 6.81. The fourth-order valence-corrected chi connectivity index (χ4v) is 1.42. The van der Waals surface area contributed by atoms with Gasteiger partial charge in [0, 0.05) is 25.1 Å². The van der Waals surface area contributed by atoms with Crippen LogP contribution in [0.15, 0.2) is 36.7 Å². The molecule has 3 nitrogen and oxygen atoms in total. The van der Waals surface area contributed by atoms with Crippen LogP contribution in [-0.2, 0) is 0 Å². The lowest BCUT2D eigenvalue weighted by Crippen LogP contribution is -1.98. The van der Waals surface area contributed by atoms with Crippen molar-refractivity contribution in [3.05, 3.63) is 42.2 Å². The van der Waals surface area contributed by atoms with Crippen LogP contribution >= 0.6 is 0 Å². The SMILES string of the molecule is CNc1ccc(C)c(-n2cccn2)c1. The van der Waals surface area contributed by atoms with Gasteiger partial charge >= 0.3 is 0 Å². The highest BCUT2D eigenvalue weighted by molar-refractivity contribution is 5.54. The Morgan fingerprint density at radius 1 is 1.36 bits per heavy atom. The van der Waals surface area contributed by atoms with Crippen LogP contribution in [0.1, 0.15) is 5.56 Å². The van der Waals surface area contributed by atoms with Crippen LogP contribution in [-0.4, -0.2) is 16.8 Å². The number of nitrogens with one attached hydrogen (secondary N) is 1. The Hall–Kier alpha value is -1.77. The molecule has 0 saturated carbocycles. The molecule has 2 aromatic rings. The van der Waals surface area contributed by atoms with E-state index in [2.05, 4.69) is 35.5 Å². The van der Waals surface area contributed by atoms with Crippen LogP contribution in [0.3, 0.4) is 0 Å². The second-order valence-electron chi connectivity index (χ2n) is 3.20. The van der Waals surface area contributed by atoms with Gasteiger partial charge in [-0.25, -0.2) is 4.68 Å². The van der Waals surface area contributed by atoms with Gasteiger partial charge in [0.15, 0.2) is 0 Å². The van der Waals surface area contributed by atoms with E-state index in [4.69, 9.17) is 0 Å². The molecule has 2 rings (SSSR count). The molecular formula is C11H13N3. The zero-order chi connectivity index (χ0) is 9.97. The van der Waals surface area contributed by atoms with E-state index in [1.807, 2.05) is 24.0 Å². The number of aryl methyl sites for hydroxylation is 1. The highest BCUT2D eigenvalue weighted by Gasteiger charge is 2.01. The summed E-state index contributed by atoms with van der Waals surface area (Å²) in [6, 6.07) is 8.15. The standard InChI is InChI=1S/C11H13N3/c1-9-4-5-10(12-2)8-11(9)14-7-3-6-13-14/h3-8,12H,1-2H3. The van der Waals surface area contributed by atoms with Crippen LogP contribution in [0.2, 0.25) is 0 Å². The molecule has 14 heavy (non-hydrogen) atoms. The molecule has 1 N–H and O–H groups in total. The van der Waals surface area contributed by atoms with Gasteiger partial charge in [0.05, 0.1) is 5.69 Å². The molecule has 0 atom stereocenters. The summed E-state index contributed by atoms with van der Waals surface area (Å²) in [5.74, 6) is 0. The van der Waals surface area contributed by atoms with Crippen LogP contribution in [0.4, 0.5) is 5.69 Å². The Bertz CT molecular complexity index is 418. The van der Waals surface area contributed by atoms with Crippen molar-refractivity contribution in [1.82, 2.24) is 9.78 Å². The normalized spacial score (nSPS) is 10.1. The molecule has 0 aliphatic rings. The number of nitrogens with zero attached hydrogens (tertiary/aromatic N) is 2. The predicted molar refractivity (Wildman–Crippen MR) is 57.8 cm³/mol. The summed E-state index contributed by atoms with van der Waals surface area (Å²) < 4.78 is 1.87. The molecule has 3 heteroatoms. The summed E-state index contributed by atoms with van der Waals surface area (Å²) in [7, 11) is 1.91. The van der Waals surface area contributed by atoms with Crippen LogP contribution in [0.25, 0.3) is 5.69 Å². The van der Waals surface area contributed by atoms with Gasteiger partial charge < -0.3 is 5.32 Å². The maximum absolute atomic E-state index is 4.21. The Labute approximate surface area is 83.4 Å². The topological polar surface area (TPSA) is 29.9 Å². The summed E-state index contributed by atoms with van der Waals surface area (Å²) in [6.07, 6.45) is 3.73. The van der Waals surface area contributed by atoms with E-state index in [0.29, 0.717) is 0 Å². The third kappa shape index (κ3) is 1.48. The minimum absolute atomic E-state index is 1.10. The number of hydrogen-bond donors (Lipinski definition) is 1. The average Bonchev–Trinajstić information content (AvgIpc) is 2.71. The fraction of sp³-hybridized carbons (Fsp3) is 0.182. The molecule has 1 aromatic carbocycles. The molecule has 0 aliphatic carbocycles. The van der Waals surface area contributed by atoms with Crippen molar-refractivity contribution in [2.75, 3.05) is 12.4 Å². The van der Waals surface area contributed by atoms with Crippen molar-refractivity contribution in [3.63, 3.8) is 0 Å². The molecule has 0 unspecified atom stereocenters. The van der Waals surface area contributed by atoms with Gasteiger partial charge in [-0.2, -0.15) is 5.10 Å². The van der Waals surface area contributed by atoms with E-state index in [0.717, 1.165) is 11.4 Å². The fourth-order valence-electron chi connectivity index (χ4n) is 1.42. The van der Waals surface area contributed by atoms with E-state index >= 15 is 0 Å². The van der Waals surface area contributed by atoms with Gasteiger partial charge in [-0.15, -0.1) is 0 Å². The third-order valence-electron chi connectivity index (χ3n) is 2.25. The highest BCUT2D eigenvalue weighted by atomic mass is 15.3. The Kier molecular flexibility index (Phi) is 2.23. The van der Waals surface area contributed by atoms with Gasteiger partial charge in [0.2, 0.25) is 0 Å². The Morgan fingerprint density at radius 3 is 2.86 bits per heavy atom. The van der Waals surface area contributed by atoms with E-state index in [-0.39, 0.29) is 0 Å². The van der Waals surface area contributed by atoms with Gasteiger partial charge in [0.1, 0.15) is 0 Å². The van der Waals surface area contributed by atoms with Crippen molar-refractivity contribution in [2.24, 2.45) is 0 Å². The summed E-state index contributed by atoms with van der Waals surface area (Å²) in [6.45, 7) is 2.08. The molecule has 0 aliphatic heterocycles. The minimum atomic E-state index is 1.10. The second-order valence-corrected chi connectivity index (χ2v) is 3.20. The Morgan fingerprint density at radius 2 is 2.21 bits per heavy atom. The molecule has 0 fully saturated rings. The highest BCUT2D eigenvalue weighted by Crippen LogP contribution is 2.17. The zero-order valence-corrected chi connectivity index (χ0v) is 8.36. The third-order valence-corrected chi connectivity index (χ3v) is 2.25. The number of hydrogen-bond acceptors (Lipinski definition) is 2. The van der Waals surface area contributed by atoms with Crippen LogP contribution in [0, 0.1) is 6.92 Å². The average molecular weight is 187 g/mol. The first-order valence-electron chi connectivity index (χ1n) is 4.59. The molecule has 1 heterocycles. The van der Waals surface area contributed by atoms with Gasteiger partial charge in [-0.3, -0.25) is 0 Å². The van der Waals surface area contributed by atoms with E-state index in [9.17, 15) is 0 Å². The number of aromatic nitrogens is 2. The lowest BCUT2D eigenvalue weighted by atomic mass is 10.2. The van der Waals surface area contributed by atoms with E-state index in [1.165, 1.54) is 5.56 Å². The molecule has 0 radical (unpaired) electrons. The molecule has 1 aromatic heterocycles. The van der Waals surface area contributed by atoms with Crippen molar-refractivity contribution < 1.29 is 0 Å². The molecule has 0 saturated heterocycles. The maximum Gasteiger partial charge on any atom is 0.0695 e. The summed E-state index contributed by atoms with van der Waals surface area (Å²) in [5.41, 5.74) is 3.43. The lowest BCUT2D eigenvalue weighted by molar-refractivity contribution is 0.873. The van der Waals surface area contributed by atoms with E-state index in [1.54, 1.807) is 6.20 Å². The van der Waals surface area contributed by atoms with Gasteiger partial charge in [0.25, 0.3) is 0 Å². The summed E-state index contributed by atoms with van der Waals surface area (Å²) in [4.78, 5) is 0. The van der Waals surface area contributed by atoms with Crippen molar-refractivity contribution in [1.29, 1.82) is 0 Å². The molecule has 0 amide bonds. The molecule has 0 spiro atoms. The van der Waals surface area contributed by atoms with Crippen molar-refractivity contribution >= 4 is 5.69 Å². The minimum Gasteiger partial charge on any atom is -0.388 e. The van der Waals surface area contributed by atoms with Crippen LogP contribution < -0.4 is 5.32 Å². The smallest absolute Gasteiger partial charge is 0.0695 e. The zero-order valence-electron chi connectivity index (χ0n) is 8.36. The number of benzene rings is 1. The van der Waals surface area contributed by atoms with Crippen LogP contribution in [0.5, 0.6) is 0 Å². The predicted octanol–water partition coefficient (Wildman–Crippen LogP) is 2.22. The second kappa shape index (κ2) is 3.54. The molecular weight excluding hydrogens is 174 g/mol. The Balaban J connectivity index is 2.51. The van der Waals surface area contributed by atoms with Gasteiger partial charge in [-0.1, -0.05) is 6.07 Å². The largest absolute Gasteiger partial charge is 0.388 e. The lowest BCUT2D eigenvalue weighted by Gasteiger charge is -2.08. The van der Waals surface area contributed by atoms with Gasteiger partial charge in [-0.05, 0) is 30.7 Å². The van der Waals surface area contributed by atoms with Crippen molar-refractivity contribution in [3.8, 4) is 5.69 Å². The monoisotopic (exact) mass is 187 g/mol. The number of rotatable bonds is 2. The first-order valence-corrected chi connectivity index (χ1v) is 4.59. The quantitative estimate of drug-likeness (QED) is 0.781. The molecule has 72 valence electrons. The first kappa shape index (κ1) is 8.81. The summed E-state index contributed by atoms with van der Waals surface area (Å²) >= 11 is 0. The van der Waals surface area contributed by atoms with Crippen molar-refractivity contribution in [2.45, 2.75) is 6.92 Å².